The maximum absolute atomic E-state index is 13.6. The number of halogens is 1. The Labute approximate surface area is 105 Å². The fourth-order valence-corrected chi connectivity index (χ4v) is 1.40. The first-order valence-corrected chi connectivity index (χ1v) is 5.66. The van der Waals surface area contributed by atoms with Crippen LogP contribution in [-0.2, 0) is 0 Å². The van der Waals surface area contributed by atoms with E-state index < -0.39 is 5.82 Å². The van der Waals surface area contributed by atoms with Gasteiger partial charge < -0.3 is 20.5 Å². The van der Waals surface area contributed by atoms with Crippen LogP contribution >= 0.6 is 12.2 Å². The zero-order chi connectivity index (χ0) is 12.7. The van der Waals surface area contributed by atoms with E-state index in [1.807, 2.05) is 6.92 Å². The van der Waals surface area contributed by atoms with Crippen LogP contribution in [0.15, 0.2) is 18.2 Å². The number of benzene rings is 1. The Morgan fingerprint density at radius 2 is 2.29 bits per heavy atom. The van der Waals surface area contributed by atoms with Gasteiger partial charge in [0.15, 0.2) is 5.11 Å². The van der Waals surface area contributed by atoms with Gasteiger partial charge in [0, 0.05) is 12.6 Å². The first-order valence-electron chi connectivity index (χ1n) is 5.25. The number of hydrogen-bond donors (Lipinski definition) is 3. The van der Waals surface area contributed by atoms with E-state index in [0.717, 1.165) is 0 Å². The minimum atomic E-state index is -0.441. The number of rotatable bonds is 5. The van der Waals surface area contributed by atoms with Gasteiger partial charge in [0.1, 0.15) is 11.6 Å². The molecule has 17 heavy (non-hydrogen) atoms. The molecule has 0 atom stereocenters. The molecule has 0 saturated heterocycles. The smallest absolute Gasteiger partial charge is 0.170 e. The van der Waals surface area contributed by atoms with Crippen molar-refractivity contribution in [2.75, 3.05) is 25.1 Å². The molecule has 0 fully saturated rings. The monoisotopic (exact) mass is 258 g/mol. The minimum Gasteiger partial charge on any atom is -0.494 e. The molecule has 3 N–H and O–H groups in total. The van der Waals surface area contributed by atoms with Gasteiger partial charge in [-0.05, 0) is 31.3 Å². The lowest BCUT2D eigenvalue weighted by atomic mass is 10.3. The predicted octanol–water partition coefficient (Wildman–Crippen LogP) is 1.50. The van der Waals surface area contributed by atoms with E-state index >= 15 is 0 Å². The Kier molecular flexibility index (Phi) is 5.65. The molecule has 0 saturated carbocycles. The lowest BCUT2D eigenvalue weighted by molar-refractivity contribution is 0.300. The van der Waals surface area contributed by atoms with Crippen molar-refractivity contribution in [2.24, 2.45) is 0 Å². The molecule has 94 valence electrons. The van der Waals surface area contributed by atoms with E-state index in [1.165, 1.54) is 6.07 Å². The van der Waals surface area contributed by atoms with Gasteiger partial charge in [-0.1, -0.05) is 0 Å². The Balaban J connectivity index is 2.62. The molecule has 0 aromatic heterocycles. The summed E-state index contributed by atoms with van der Waals surface area (Å²) in [4.78, 5) is 0. The number of thiocarbonyl (C=S) groups is 1. The Morgan fingerprint density at radius 3 is 2.88 bits per heavy atom. The molecule has 0 radical (unpaired) electrons. The number of nitrogens with one attached hydrogen (secondary N) is 2. The van der Waals surface area contributed by atoms with Gasteiger partial charge in [0.05, 0.1) is 18.9 Å². The van der Waals surface area contributed by atoms with Crippen molar-refractivity contribution in [3.8, 4) is 5.75 Å². The van der Waals surface area contributed by atoms with Crippen LogP contribution in [-0.4, -0.2) is 30.0 Å². The molecule has 0 heterocycles. The molecular formula is C11H15FN2O2S. The highest BCUT2D eigenvalue weighted by atomic mass is 32.1. The summed E-state index contributed by atoms with van der Waals surface area (Å²) in [7, 11) is 0. The lowest BCUT2D eigenvalue weighted by Gasteiger charge is -2.11. The fourth-order valence-electron chi connectivity index (χ4n) is 1.19. The molecule has 4 nitrogen and oxygen atoms in total. The van der Waals surface area contributed by atoms with Crippen molar-refractivity contribution in [3.05, 3.63) is 24.0 Å². The second kappa shape index (κ2) is 7.03. The van der Waals surface area contributed by atoms with Crippen LogP contribution in [0.25, 0.3) is 0 Å². The quantitative estimate of drug-likeness (QED) is 0.699. The molecule has 1 rings (SSSR count). The first-order chi connectivity index (χ1) is 8.17. The van der Waals surface area contributed by atoms with E-state index in [-0.39, 0.29) is 17.4 Å². The van der Waals surface area contributed by atoms with Crippen molar-refractivity contribution in [1.29, 1.82) is 0 Å². The largest absolute Gasteiger partial charge is 0.494 e. The third kappa shape index (κ3) is 4.54. The highest BCUT2D eigenvalue weighted by Crippen LogP contribution is 2.20. The van der Waals surface area contributed by atoms with Gasteiger partial charge in [-0.25, -0.2) is 4.39 Å². The summed E-state index contributed by atoms with van der Waals surface area (Å²) < 4.78 is 18.7. The number of anilines is 1. The van der Waals surface area contributed by atoms with Crippen LogP contribution in [0.2, 0.25) is 0 Å². The minimum absolute atomic E-state index is 0.0341. The van der Waals surface area contributed by atoms with E-state index in [2.05, 4.69) is 10.6 Å². The topological polar surface area (TPSA) is 53.5 Å². The van der Waals surface area contributed by atoms with E-state index in [1.54, 1.807) is 12.1 Å². The molecule has 0 spiro atoms. The molecule has 0 aliphatic carbocycles. The third-order valence-corrected chi connectivity index (χ3v) is 2.14. The van der Waals surface area contributed by atoms with Crippen molar-refractivity contribution >= 4 is 23.0 Å². The van der Waals surface area contributed by atoms with Gasteiger partial charge in [0.25, 0.3) is 0 Å². The molecular weight excluding hydrogens is 243 g/mol. The molecule has 1 aromatic rings. The van der Waals surface area contributed by atoms with Crippen LogP contribution in [0.3, 0.4) is 0 Å². The average Bonchev–Trinajstić information content (AvgIpc) is 2.30. The number of hydrogen-bond acceptors (Lipinski definition) is 3. The summed E-state index contributed by atoms with van der Waals surface area (Å²) in [5, 5.41) is 14.3. The SMILES string of the molecule is CCOc1ccc(NC(=S)NCCO)c(F)c1. The van der Waals surface area contributed by atoms with E-state index in [4.69, 9.17) is 22.1 Å². The first kappa shape index (κ1) is 13.7. The van der Waals surface area contributed by atoms with E-state index in [0.29, 0.717) is 18.9 Å². The van der Waals surface area contributed by atoms with Crippen LogP contribution in [0.4, 0.5) is 10.1 Å². The van der Waals surface area contributed by atoms with Gasteiger partial charge in [-0.15, -0.1) is 0 Å². The summed E-state index contributed by atoms with van der Waals surface area (Å²) >= 11 is 4.91. The Hall–Kier alpha value is -1.40. The van der Waals surface area contributed by atoms with Gasteiger partial charge in [-0.3, -0.25) is 0 Å². The third-order valence-electron chi connectivity index (χ3n) is 1.90. The highest BCUT2D eigenvalue weighted by molar-refractivity contribution is 7.80. The summed E-state index contributed by atoms with van der Waals surface area (Å²) in [5.74, 6) is 0.0360. The number of aliphatic hydroxyl groups excluding tert-OH is 1. The summed E-state index contributed by atoms with van der Waals surface area (Å²) in [6, 6.07) is 4.50. The van der Waals surface area contributed by atoms with Crippen LogP contribution in [0.5, 0.6) is 5.75 Å². The standard InChI is InChI=1S/C11H15FN2O2S/c1-2-16-8-3-4-10(9(12)7-8)14-11(17)13-5-6-15/h3-4,7,15H,2,5-6H2,1H3,(H2,13,14,17). The number of ether oxygens (including phenoxy) is 1. The van der Waals surface area contributed by atoms with Gasteiger partial charge in [-0.2, -0.15) is 0 Å². The second-order valence-electron chi connectivity index (χ2n) is 3.18. The molecule has 6 heteroatoms. The fraction of sp³-hybridized carbons (Fsp3) is 0.364. The van der Waals surface area contributed by atoms with Gasteiger partial charge >= 0.3 is 0 Å². The Bertz CT molecular complexity index is 388. The molecule has 0 unspecified atom stereocenters. The zero-order valence-corrected chi connectivity index (χ0v) is 10.3. The second-order valence-corrected chi connectivity index (χ2v) is 3.59. The van der Waals surface area contributed by atoms with Crippen LogP contribution in [0.1, 0.15) is 6.92 Å². The molecule has 0 bridgehead atoms. The van der Waals surface area contributed by atoms with E-state index in [9.17, 15) is 4.39 Å². The highest BCUT2D eigenvalue weighted by Gasteiger charge is 2.05. The average molecular weight is 258 g/mol. The van der Waals surface area contributed by atoms with Gasteiger partial charge in [0.2, 0.25) is 0 Å². The molecule has 0 aliphatic rings. The Morgan fingerprint density at radius 1 is 1.53 bits per heavy atom. The van der Waals surface area contributed by atoms with Crippen LogP contribution < -0.4 is 15.4 Å². The normalized spacial score (nSPS) is 9.82. The lowest BCUT2D eigenvalue weighted by Crippen LogP contribution is -2.31. The summed E-state index contributed by atoms with van der Waals surface area (Å²) in [6.07, 6.45) is 0. The molecule has 1 aromatic carbocycles. The summed E-state index contributed by atoms with van der Waals surface area (Å²) in [6.45, 7) is 2.61. The van der Waals surface area contributed by atoms with Crippen molar-refractivity contribution in [1.82, 2.24) is 5.32 Å². The van der Waals surface area contributed by atoms with Crippen molar-refractivity contribution in [3.63, 3.8) is 0 Å². The maximum Gasteiger partial charge on any atom is 0.170 e. The van der Waals surface area contributed by atoms with Crippen LogP contribution in [0, 0.1) is 5.82 Å². The predicted molar refractivity (Wildman–Crippen MR) is 68.9 cm³/mol. The maximum atomic E-state index is 13.6. The van der Waals surface area contributed by atoms with Crippen molar-refractivity contribution < 1.29 is 14.2 Å². The molecule has 0 aliphatic heterocycles. The summed E-state index contributed by atoms with van der Waals surface area (Å²) in [5.41, 5.74) is 0.267. The van der Waals surface area contributed by atoms with Crippen molar-refractivity contribution in [2.45, 2.75) is 6.92 Å². The molecule has 0 amide bonds. The zero-order valence-electron chi connectivity index (χ0n) is 9.50. The number of aliphatic hydroxyl groups is 1.